The van der Waals surface area contributed by atoms with Crippen LogP contribution in [0.25, 0.3) is 0 Å². The average molecular weight is 237 g/mol. The Morgan fingerprint density at radius 2 is 2.00 bits per heavy atom. The van der Waals surface area contributed by atoms with Gasteiger partial charge in [0.05, 0.1) is 6.42 Å². The van der Waals surface area contributed by atoms with Crippen LogP contribution >= 0.6 is 0 Å². The Kier molecular flexibility index (Phi) is 4.82. The number of aromatic hydroxyl groups is 2. The van der Waals surface area contributed by atoms with Crippen LogP contribution in [0.3, 0.4) is 0 Å². The zero-order chi connectivity index (χ0) is 12.8. The summed E-state index contributed by atoms with van der Waals surface area (Å²) in [6.07, 6.45) is 1.17. The van der Waals surface area contributed by atoms with E-state index in [2.05, 4.69) is 19.2 Å². The highest BCUT2D eigenvalue weighted by Gasteiger charge is 2.06. The van der Waals surface area contributed by atoms with Gasteiger partial charge in [-0.2, -0.15) is 0 Å². The Morgan fingerprint density at radius 3 is 2.59 bits per heavy atom. The highest BCUT2D eigenvalue weighted by Crippen LogP contribution is 2.24. The third-order valence-electron chi connectivity index (χ3n) is 2.45. The lowest BCUT2D eigenvalue weighted by atomic mass is 10.1. The van der Waals surface area contributed by atoms with Crippen molar-refractivity contribution in [3.63, 3.8) is 0 Å². The monoisotopic (exact) mass is 237 g/mol. The molecule has 0 saturated carbocycles. The predicted octanol–water partition coefficient (Wildman–Crippen LogP) is 1.80. The highest BCUT2D eigenvalue weighted by atomic mass is 16.3. The predicted molar refractivity (Wildman–Crippen MR) is 65.9 cm³/mol. The van der Waals surface area contributed by atoms with Crippen LogP contribution in [0.4, 0.5) is 0 Å². The molecule has 0 aliphatic carbocycles. The SMILES string of the molecule is CC(C)CCNC(=O)Cc1ccc(O)c(O)c1. The Balaban J connectivity index is 2.42. The fraction of sp³-hybridized carbons (Fsp3) is 0.462. The molecule has 0 atom stereocenters. The van der Waals surface area contributed by atoms with Gasteiger partial charge in [-0.25, -0.2) is 0 Å². The average Bonchev–Trinajstić information content (AvgIpc) is 2.23. The van der Waals surface area contributed by atoms with Crippen molar-refractivity contribution in [2.24, 2.45) is 5.92 Å². The van der Waals surface area contributed by atoms with E-state index in [0.717, 1.165) is 6.42 Å². The molecule has 1 aromatic rings. The molecule has 0 aliphatic rings. The number of phenols is 2. The summed E-state index contributed by atoms with van der Waals surface area (Å²) < 4.78 is 0. The Bertz CT molecular complexity index is 388. The van der Waals surface area contributed by atoms with Gasteiger partial charge in [0.1, 0.15) is 0 Å². The second-order valence-corrected chi connectivity index (χ2v) is 4.53. The number of nitrogens with one attached hydrogen (secondary N) is 1. The number of amides is 1. The molecule has 0 spiro atoms. The molecule has 0 fully saturated rings. The van der Waals surface area contributed by atoms with E-state index in [9.17, 15) is 9.90 Å². The van der Waals surface area contributed by atoms with Crippen LogP contribution in [0.15, 0.2) is 18.2 Å². The van der Waals surface area contributed by atoms with Gasteiger partial charge in [0.15, 0.2) is 11.5 Å². The third kappa shape index (κ3) is 4.76. The molecule has 1 amide bonds. The molecule has 0 aliphatic heterocycles. The second-order valence-electron chi connectivity index (χ2n) is 4.53. The summed E-state index contributed by atoms with van der Waals surface area (Å²) >= 11 is 0. The first-order valence-corrected chi connectivity index (χ1v) is 5.76. The van der Waals surface area contributed by atoms with Crippen molar-refractivity contribution in [2.45, 2.75) is 26.7 Å². The van der Waals surface area contributed by atoms with Gasteiger partial charge >= 0.3 is 0 Å². The van der Waals surface area contributed by atoms with Crippen LogP contribution in [0.2, 0.25) is 0 Å². The standard InChI is InChI=1S/C13H19NO3/c1-9(2)5-6-14-13(17)8-10-3-4-11(15)12(16)7-10/h3-4,7,9,15-16H,5-6,8H2,1-2H3,(H,14,17). The minimum Gasteiger partial charge on any atom is -0.504 e. The van der Waals surface area contributed by atoms with Gasteiger partial charge in [-0.15, -0.1) is 0 Å². The van der Waals surface area contributed by atoms with E-state index >= 15 is 0 Å². The summed E-state index contributed by atoms with van der Waals surface area (Å²) in [5.74, 6) is 0.121. The first-order valence-electron chi connectivity index (χ1n) is 5.76. The summed E-state index contributed by atoms with van der Waals surface area (Å²) in [6.45, 7) is 4.87. The van der Waals surface area contributed by atoms with Gasteiger partial charge < -0.3 is 15.5 Å². The van der Waals surface area contributed by atoms with Crippen molar-refractivity contribution in [1.82, 2.24) is 5.32 Å². The maximum absolute atomic E-state index is 11.5. The minimum atomic E-state index is -0.197. The summed E-state index contributed by atoms with van der Waals surface area (Å²) in [4.78, 5) is 11.5. The number of phenolic OH excluding ortho intramolecular Hbond substituents is 2. The van der Waals surface area contributed by atoms with Crippen molar-refractivity contribution >= 4 is 5.91 Å². The molecule has 0 bridgehead atoms. The molecule has 0 aromatic heterocycles. The zero-order valence-corrected chi connectivity index (χ0v) is 10.2. The lowest BCUT2D eigenvalue weighted by Gasteiger charge is -2.07. The second kappa shape index (κ2) is 6.13. The summed E-state index contributed by atoms with van der Waals surface area (Å²) in [6, 6.07) is 4.40. The summed E-state index contributed by atoms with van der Waals surface area (Å²) in [5, 5.41) is 21.2. The van der Waals surface area contributed by atoms with Gasteiger partial charge in [-0.05, 0) is 30.0 Å². The lowest BCUT2D eigenvalue weighted by Crippen LogP contribution is -2.26. The fourth-order valence-corrected chi connectivity index (χ4v) is 1.43. The minimum absolute atomic E-state index is 0.0734. The van der Waals surface area contributed by atoms with Crippen molar-refractivity contribution in [3.05, 3.63) is 23.8 Å². The molecule has 17 heavy (non-hydrogen) atoms. The van der Waals surface area contributed by atoms with Crippen LogP contribution in [0.5, 0.6) is 11.5 Å². The van der Waals surface area contributed by atoms with Gasteiger partial charge in [0.25, 0.3) is 0 Å². The molecule has 0 radical (unpaired) electrons. The molecule has 0 unspecified atom stereocenters. The van der Waals surface area contributed by atoms with E-state index in [4.69, 9.17) is 5.11 Å². The van der Waals surface area contributed by atoms with E-state index in [1.165, 1.54) is 12.1 Å². The molecule has 0 saturated heterocycles. The first-order chi connectivity index (χ1) is 7.99. The fourth-order valence-electron chi connectivity index (χ4n) is 1.43. The van der Waals surface area contributed by atoms with E-state index in [1.807, 2.05) is 0 Å². The van der Waals surface area contributed by atoms with E-state index < -0.39 is 0 Å². The van der Waals surface area contributed by atoms with Gasteiger partial charge in [0.2, 0.25) is 5.91 Å². The van der Waals surface area contributed by atoms with Crippen LogP contribution in [0, 0.1) is 5.92 Å². The number of carbonyl (C=O) groups excluding carboxylic acids is 1. The summed E-state index contributed by atoms with van der Waals surface area (Å²) in [7, 11) is 0. The van der Waals surface area contributed by atoms with E-state index in [1.54, 1.807) is 6.07 Å². The molecule has 4 heteroatoms. The third-order valence-corrected chi connectivity index (χ3v) is 2.45. The quantitative estimate of drug-likeness (QED) is 0.684. The van der Waals surface area contributed by atoms with E-state index in [0.29, 0.717) is 18.0 Å². The Morgan fingerprint density at radius 1 is 1.29 bits per heavy atom. The highest BCUT2D eigenvalue weighted by molar-refractivity contribution is 5.78. The topological polar surface area (TPSA) is 69.6 Å². The molecule has 3 N–H and O–H groups in total. The molecular weight excluding hydrogens is 218 g/mol. The largest absolute Gasteiger partial charge is 0.504 e. The van der Waals surface area contributed by atoms with Gasteiger partial charge in [-0.3, -0.25) is 4.79 Å². The molecule has 0 heterocycles. The van der Waals surface area contributed by atoms with E-state index in [-0.39, 0.29) is 23.8 Å². The van der Waals surface area contributed by atoms with Gasteiger partial charge in [-0.1, -0.05) is 19.9 Å². The maximum atomic E-state index is 11.5. The van der Waals surface area contributed by atoms with Crippen molar-refractivity contribution in [3.8, 4) is 11.5 Å². The van der Waals surface area contributed by atoms with Crippen molar-refractivity contribution in [2.75, 3.05) is 6.54 Å². The normalized spacial score (nSPS) is 10.5. The molecule has 1 aromatic carbocycles. The Hall–Kier alpha value is -1.71. The van der Waals surface area contributed by atoms with Crippen LogP contribution in [-0.4, -0.2) is 22.7 Å². The zero-order valence-electron chi connectivity index (χ0n) is 10.2. The maximum Gasteiger partial charge on any atom is 0.224 e. The number of rotatable bonds is 5. The van der Waals surface area contributed by atoms with Crippen LogP contribution < -0.4 is 5.32 Å². The smallest absolute Gasteiger partial charge is 0.224 e. The Labute approximate surface area is 101 Å². The van der Waals surface area contributed by atoms with Crippen molar-refractivity contribution < 1.29 is 15.0 Å². The number of carbonyl (C=O) groups is 1. The molecule has 1 rings (SSSR count). The van der Waals surface area contributed by atoms with Gasteiger partial charge in [0, 0.05) is 6.54 Å². The molecule has 4 nitrogen and oxygen atoms in total. The number of hydrogen-bond acceptors (Lipinski definition) is 3. The summed E-state index contributed by atoms with van der Waals surface area (Å²) in [5.41, 5.74) is 0.683. The molecule has 94 valence electrons. The van der Waals surface area contributed by atoms with Crippen LogP contribution in [0.1, 0.15) is 25.8 Å². The lowest BCUT2D eigenvalue weighted by molar-refractivity contribution is -0.120. The number of hydrogen-bond donors (Lipinski definition) is 3. The van der Waals surface area contributed by atoms with Crippen LogP contribution in [-0.2, 0) is 11.2 Å². The van der Waals surface area contributed by atoms with Crippen molar-refractivity contribution in [1.29, 1.82) is 0 Å². The number of benzene rings is 1. The first kappa shape index (κ1) is 13.4. The molecular formula is C13H19NO3.